The molecule has 0 radical (unpaired) electrons. The molecule has 40 heavy (non-hydrogen) atoms. The molecular weight excluding hydrogens is 584 g/mol. The first-order chi connectivity index (χ1) is 19.7. The number of aromatic nitrogens is 3. The van der Waals surface area contributed by atoms with E-state index >= 15 is 0 Å². The van der Waals surface area contributed by atoms with Crippen LogP contribution in [0.5, 0.6) is 5.75 Å². The zero-order chi connectivity index (χ0) is 27.3. The SMILES string of the molecule is NCCn1ccc2ncnc(Nc3ccc(OC4=CN(Cc5ccccc5)S(Cc5ccccc5)=C4)c(Br)c3)c21. The molecule has 0 saturated heterocycles. The fourth-order valence-corrected chi connectivity index (χ4v) is 6.94. The molecule has 1 aliphatic heterocycles. The Morgan fingerprint density at radius 1 is 0.925 bits per heavy atom. The number of ether oxygens (including phenoxy) is 1. The minimum atomic E-state index is -0.134. The Labute approximate surface area is 244 Å². The van der Waals surface area contributed by atoms with E-state index in [-0.39, 0.29) is 10.7 Å². The van der Waals surface area contributed by atoms with Gasteiger partial charge in [0.25, 0.3) is 0 Å². The lowest BCUT2D eigenvalue weighted by molar-refractivity contribution is 0.443. The Bertz CT molecular complexity index is 1690. The van der Waals surface area contributed by atoms with Crippen molar-refractivity contribution in [3.8, 4) is 5.75 Å². The Hall–Kier alpha value is -3.92. The van der Waals surface area contributed by atoms with Crippen molar-refractivity contribution >= 4 is 54.5 Å². The number of benzene rings is 3. The fourth-order valence-electron chi connectivity index (χ4n) is 4.63. The lowest BCUT2D eigenvalue weighted by Gasteiger charge is -2.21. The molecular formula is C31H29BrN6OS. The number of rotatable bonds is 10. The van der Waals surface area contributed by atoms with Gasteiger partial charge in [-0.25, -0.2) is 9.97 Å². The lowest BCUT2D eigenvalue weighted by Crippen LogP contribution is -2.10. The lowest BCUT2D eigenvalue weighted by atomic mass is 10.2. The van der Waals surface area contributed by atoms with Crippen molar-refractivity contribution < 1.29 is 4.74 Å². The molecule has 202 valence electrons. The third kappa shape index (κ3) is 5.96. The van der Waals surface area contributed by atoms with Gasteiger partial charge in [-0.05, 0) is 51.3 Å². The molecule has 1 unspecified atom stereocenters. The molecule has 0 amide bonds. The number of allylic oxidation sites excluding steroid dienone is 1. The van der Waals surface area contributed by atoms with Crippen LogP contribution < -0.4 is 15.8 Å². The molecule has 3 aromatic carbocycles. The van der Waals surface area contributed by atoms with Crippen LogP contribution in [0.1, 0.15) is 11.1 Å². The maximum absolute atomic E-state index is 6.41. The molecule has 5 aromatic rings. The van der Waals surface area contributed by atoms with Crippen LogP contribution in [-0.2, 0) is 18.8 Å². The van der Waals surface area contributed by atoms with E-state index in [0.717, 1.165) is 50.8 Å². The quantitative estimate of drug-likeness (QED) is 0.168. The van der Waals surface area contributed by atoms with Crippen molar-refractivity contribution in [3.05, 3.63) is 125 Å². The van der Waals surface area contributed by atoms with Crippen LogP contribution in [0.3, 0.4) is 0 Å². The van der Waals surface area contributed by atoms with Crippen molar-refractivity contribution in [2.75, 3.05) is 11.9 Å². The highest BCUT2D eigenvalue weighted by molar-refractivity contribution is 9.10. The molecule has 1 atom stereocenters. The van der Waals surface area contributed by atoms with E-state index in [9.17, 15) is 0 Å². The third-order valence-corrected chi connectivity index (χ3v) is 9.10. The molecule has 0 aliphatic carbocycles. The average Bonchev–Trinajstić information content (AvgIpc) is 3.55. The Morgan fingerprint density at radius 3 is 2.45 bits per heavy atom. The van der Waals surface area contributed by atoms with Crippen molar-refractivity contribution in [3.63, 3.8) is 0 Å². The van der Waals surface area contributed by atoms with Gasteiger partial charge in [-0.1, -0.05) is 71.3 Å². The average molecular weight is 614 g/mol. The maximum Gasteiger partial charge on any atom is 0.158 e. The Kier molecular flexibility index (Phi) is 7.94. The largest absolute Gasteiger partial charge is 0.454 e. The minimum Gasteiger partial charge on any atom is -0.454 e. The van der Waals surface area contributed by atoms with Crippen molar-refractivity contribution in [2.45, 2.75) is 18.8 Å². The first-order valence-electron chi connectivity index (χ1n) is 13.0. The summed E-state index contributed by atoms with van der Waals surface area (Å²) in [5.41, 5.74) is 11.1. The van der Waals surface area contributed by atoms with E-state index in [1.807, 2.05) is 30.5 Å². The topological polar surface area (TPSA) is 81.2 Å². The van der Waals surface area contributed by atoms with Crippen molar-refractivity contribution in [1.82, 2.24) is 18.8 Å². The van der Waals surface area contributed by atoms with Crippen LogP contribution in [-0.4, -0.2) is 30.8 Å². The Balaban J connectivity index is 1.22. The van der Waals surface area contributed by atoms with Gasteiger partial charge in [-0.3, -0.25) is 0 Å². The molecule has 0 saturated carbocycles. The summed E-state index contributed by atoms with van der Waals surface area (Å²) in [6.07, 6.45) is 5.68. The minimum absolute atomic E-state index is 0.134. The van der Waals surface area contributed by atoms with Crippen LogP contribution in [0.4, 0.5) is 11.5 Å². The summed E-state index contributed by atoms with van der Waals surface area (Å²) in [4.78, 5) is 8.87. The normalized spacial score (nSPS) is 14.7. The van der Waals surface area contributed by atoms with E-state index < -0.39 is 0 Å². The standard InChI is InChI=1S/C31H29BrN6OS/c32-27-17-25(36-31-30-28(34-22-35-31)13-15-37(30)16-14-33)11-12-29(27)39-26-19-38(18-23-7-3-1-4-8-23)40(21-26)20-24-9-5-2-6-10-24/h1-13,15,17,19,21-22H,14,16,18,20,33H2,(H,34,35,36). The Morgan fingerprint density at radius 2 is 1.70 bits per heavy atom. The highest BCUT2D eigenvalue weighted by atomic mass is 79.9. The molecule has 3 heterocycles. The van der Waals surface area contributed by atoms with Gasteiger partial charge in [0.1, 0.15) is 17.6 Å². The second kappa shape index (κ2) is 12.1. The molecule has 0 bridgehead atoms. The van der Waals surface area contributed by atoms with Gasteiger partial charge < -0.3 is 24.7 Å². The molecule has 9 heteroatoms. The molecule has 6 rings (SSSR count). The predicted octanol–water partition coefficient (Wildman–Crippen LogP) is 6.82. The van der Waals surface area contributed by atoms with Crippen LogP contribution >= 0.6 is 26.6 Å². The summed E-state index contributed by atoms with van der Waals surface area (Å²) in [6, 6.07) is 29.1. The molecule has 7 nitrogen and oxygen atoms in total. The van der Waals surface area contributed by atoms with Gasteiger partial charge in [-0.2, -0.15) is 0 Å². The number of hydrogen-bond acceptors (Lipinski definition) is 6. The zero-order valence-electron chi connectivity index (χ0n) is 21.8. The maximum atomic E-state index is 6.41. The van der Waals surface area contributed by atoms with Crippen molar-refractivity contribution in [1.29, 1.82) is 0 Å². The van der Waals surface area contributed by atoms with Crippen LogP contribution in [0.25, 0.3) is 11.0 Å². The number of halogens is 1. The van der Waals surface area contributed by atoms with Crippen LogP contribution in [0.15, 0.2) is 114 Å². The molecule has 1 aliphatic rings. The highest BCUT2D eigenvalue weighted by Crippen LogP contribution is 2.36. The second-order valence-electron chi connectivity index (χ2n) is 9.37. The number of nitrogens with zero attached hydrogens (tertiary/aromatic N) is 4. The summed E-state index contributed by atoms with van der Waals surface area (Å²) in [5.74, 6) is 3.25. The van der Waals surface area contributed by atoms with Gasteiger partial charge in [0, 0.05) is 36.1 Å². The second-order valence-corrected chi connectivity index (χ2v) is 12.0. The first-order valence-corrected chi connectivity index (χ1v) is 15.2. The predicted molar refractivity (Wildman–Crippen MR) is 169 cm³/mol. The number of hydrogen-bond donors (Lipinski definition) is 2. The van der Waals surface area contributed by atoms with Gasteiger partial charge in [-0.15, -0.1) is 0 Å². The van der Waals surface area contributed by atoms with Crippen LogP contribution in [0, 0.1) is 0 Å². The van der Waals surface area contributed by atoms with Gasteiger partial charge >= 0.3 is 0 Å². The zero-order valence-corrected chi connectivity index (χ0v) is 24.2. The fraction of sp³-hybridized carbons (Fsp3) is 0.129. The van der Waals surface area contributed by atoms with E-state index in [0.29, 0.717) is 13.1 Å². The number of anilines is 2. The van der Waals surface area contributed by atoms with Crippen molar-refractivity contribution in [2.24, 2.45) is 5.73 Å². The molecule has 2 aromatic heterocycles. The number of nitrogens with one attached hydrogen (secondary N) is 1. The monoisotopic (exact) mass is 612 g/mol. The highest BCUT2D eigenvalue weighted by Gasteiger charge is 2.18. The van der Waals surface area contributed by atoms with E-state index in [4.69, 9.17) is 10.5 Å². The van der Waals surface area contributed by atoms with E-state index in [2.05, 4.69) is 112 Å². The first kappa shape index (κ1) is 26.3. The molecule has 0 spiro atoms. The summed E-state index contributed by atoms with van der Waals surface area (Å²) >= 11 is 3.72. The van der Waals surface area contributed by atoms with Gasteiger partial charge in [0.15, 0.2) is 11.6 Å². The summed E-state index contributed by atoms with van der Waals surface area (Å²) < 4.78 is 11.7. The number of nitrogens with two attached hydrogens (primary N) is 1. The molecule has 0 fully saturated rings. The van der Waals surface area contributed by atoms with E-state index in [1.54, 1.807) is 6.33 Å². The van der Waals surface area contributed by atoms with Gasteiger partial charge in [0.2, 0.25) is 0 Å². The smallest absolute Gasteiger partial charge is 0.158 e. The van der Waals surface area contributed by atoms with Crippen LogP contribution in [0.2, 0.25) is 0 Å². The molecule has 3 N–H and O–H groups in total. The summed E-state index contributed by atoms with van der Waals surface area (Å²) in [7, 11) is -0.134. The van der Waals surface area contributed by atoms with E-state index in [1.165, 1.54) is 11.1 Å². The van der Waals surface area contributed by atoms with Gasteiger partial charge in [0.05, 0.1) is 22.7 Å². The summed E-state index contributed by atoms with van der Waals surface area (Å²) in [6.45, 7) is 2.06. The summed E-state index contributed by atoms with van der Waals surface area (Å²) in [5, 5.41) is 5.67. The third-order valence-electron chi connectivity index (χ3n) is 6.51. The number of fused-ring (bicyclic) bond motifs is 1.